The van der Waals surface area contributed by atoms with Crippen LogP contribution in [0.1, 0.15) is 38.2 Å². The summed E-state index contributed by atoms with van der Waals surface area (Å²) >= 11 is 0. The lowest BCUT2D eigenvalue weighted by Gasteiger charge is -2.10. The zero-order valence-electron chi connectivity index (χ0n) is 12.0. The van der Waals surface area contributed by atoms with E-state index in [0.29, 0.717) is 13.0 Å². The minimum absolute atomic E-state index is 0.156. The van der Waals surface area contributed by atoms with Crippen molar-refractivity contribution in [1.29, 1.82) is 0 Å². The van der Waals surface area contributed by atoms with E-state index in [1.807, 2.05) is 28.9 Å². The fourth-order valence-electron chi connectivity index (χ4n) is 1.95. The molecule has 0 atom stereocenters. The Morgan fingerprint density at radius 3 is 2.60 bits per heavy atom. The lowest BCUT2D eigenvalue weighted by atomic mass is 10.1. The number of hydrogen-bond donors (Lipinski definition) is 0. The molecule has 0 amide bonds. The SMILES string of the molecule is CC(=O)Cc1ccc(OCc2ncnn2C(C)C)cc1. The highest BCUT2D eigenvalue weighted by Gasteiger charge is 2.08. The van der Waals surface area contributed by atoms with Crippen LogP contribution >= 0.6 is 0 Å². The Bertz CT molecular complexity index is 573. The van der Waals surface area contributed by atoms with Gasteiger partial charge in [0.1, 0.15) is 24.5 Å². The molecule has 0 aliphatic carbocycles. The Morgan fingerprint density at radius 2 is 2.00 bits per heavy atom. The van der Waals surface area contributed by atoms with Gasteiger partial charge in [-0.15, -0.1) is 0 Å². The summed E-state index contributed by atoms with van der Waals surface area (Å²) in [7, 11) is 0. The molecule has 0 N–H and O–H groups in total. The first-order valence-corrected chi connectivity index (χ1v) is 6.66. The van der Waals surface area contributed by atoms with Gasteiger partial charge in [-0.1, -0.05) is 12.1 Å². The van der Waals surface area contributed by atoms with Gasteiger partial charge in [-0.05, 0) is 38.5 Å². The number of hydrogen-bond acceptors (Lipinski definition) is 4. The summed E-state index contributed by atoms with van der Waals surface area (Å²) in [5, 5.41) is 4.16. The van der Waals surface area contributed by atoms with Gasteiger partial charge in [0.05, 0.1) is 0 Å². The second kappa shape index (κ2) is 6.32. The van der Waals surface area contributed by atoms with Crippen LogP contribution in [0.2, 0.25) is 0 Å². The monoisotopic (exact) mass is 273 g/mol. The molecule has 1 aromatic heterocycles. The molecule has 0 aliphatic rings. The molecule has 20 heavy (non-hydrogen) atoms. The number of ketones is 1. The van der Waals surface area contributed by atoms with Gasteiger partial charge >= 0.3 is 0 Å². The van der Waals surface area contributed by atoms with Crippen LogP contribution < -0.4 is 4.74 Å². The van der Waals surface area contributed by atoms with E-state index in [1.54, 1.807) is 6.92 Å². The number of carbonyl (C=O) groups excluding carboxylic acids is 1. The molecule has 1 heterocycles. The molecular formula is C15H19N3O2. The number of Topliss-reactive ketones (excluding diaryl/α,β-unsaturated/α-hetero) is 1. The van der Waals surface area contributed by atoms with Gasteiger partial charge in [0.15, 0.2) is 5.82 Å². The van der Waals surface area contributed by atoms with Crippen LogP contribution in [-0.2, 0) is 17.8 Å². The van der Waals surface area contributed by atoms with Crippen LogP contribution in [0.15, 0.2) is 30.6 Å². The number of aromatic nitrogens is 3. The molecule has 0 fully saturated rings. The number of ether oxygens (including phenoxy) is 1. The van der Waals surface area contributed by atoms with Crippen molar-refractivity contribution in [2.75, 3.05) is 0 Å². The lowest BCUT2D eigenvalue weighted by molar-refractivity contribution is -0.116. The second-order valence-corrected chi connectivity index (χ2v) is 5.03. The van der Waals surface area contributed by atoms with E-state index >= 15 is 0 Å². The van der Waals surface area contributed by atoms with E-state index in [1.165, 1.54) is 6.33 Å². The summed E-state index contributed by atoms with van der Waals surface area (Å²) in [5.74, 6) is 1.71. The lowest BCUT2D eigenvalue weighted by Crippen LogP contribution is -2.10. The predicted molar refractivity (Wildman–Crippen MR) is 75.6 cm³/mol. The number of nitrogens with zero attached hydrogens (tertiary/aromatic N) is 3. The average Bonchev–Trinajstić information content (AvgIpc) is 2.86. The van der Waals surface area contributed by atoms with Crippen LogP contribution in [0.3, 0.4) is 0 Å². The topological polar surface area (TPSA) is 57.0 Å². The van der Waals surface area contributed by atoms with Crippen molar-refractivity contribution in [2.24, 2.45) is 0 Å². The molecule has 106 valence electrons. The molecule has 5 nitrogen and oxygen atoms in total. The van der Waals surface area contributed by atoms with Crippen LogP contribution in [0.5, 0.6) is 5.75 Å². The van der Waals surface area contributed by atoms with Crippen LogP contribution in [-0.4, -0.2) is 20.5 Å². The van der Waals surface area contributed by atoms with Crippen LogP contribution in [0.25, 0.3) is 0 Å². The van der Waals surface area contributed by atoms with Crippen molar-refractivity contribution in [3.05, 3.63) is 42.0 Å². The van der Waals surface area contributed by atoms with Crippen molar-refractivity contribution < 1.29 is 9.53 Å². The standard InChI is InChI=1S/C15H19N3O2/c1-11(2)18-15(16-10-17-18)9-20-14-6-4-13(5-7-14)8-12(3)19/h4-7,10-11H,8-9H2,1-3H3. The summed E-state index contributed by atoms with van der Waals surface area (Å²) in [4.78, 5) is 15.2. The first kappa shape index (κ1) is 14.2. The highest BCUT2D eigenvalue weighted by Crippen LogP contribution is 2.15. The van der Waals surface area contributed by atoms with Crippen molar-refractivity contribution >= 4 is 5.78 Å². The van der Waals surface area contributed by atoms with Crippen molar-refractivity contribution in [1.82, 2.24) is 14.8 Å². The molecule has 2 rings (SSSR count). The average molecular weight is 273 g/mol. The van der Waals surface area contributed by atoms with Gasteiger partial charge in [0.25, 0.3) is 0 Å². The van der Waals surface area contributed by atoms with E-state index in [9.17, 15) is 4.79 Å². The van der Waals surface area contributed by atoms with E-state index < -0.39 is 0 Å². The zero-order valence-corrected chi connectivity index (χ0v) is 12.0. The molecule has 1 aromatic carbocycles. The highest BCUT2D eigenvalue weighted by atomic mass is 16.5. The molecule has 0 saturated heterocycles. The van der Waals surface area contributed by atoms with Crippen LogP contribution in [0.4, 0.5) is 0 Å². The summed E-state index contributed by atoms with van der Waals surface area (Å²) in [6.07, 6.45) is 2.00. The molecule has 0 radical (unpaired) electrons. The highest BCUT2D eigenvalue weighted by molar-refractivity contribution is 5.78. The smallest absolute Gasteiger partial charge is 0.165 e. The maximum Gasteiger partial charge on any atom is 0.165 e. The summed E-state index contributed by atoms with van der Waals surface area (Å²) in [5.41, 5.74) is 0.996. The Kier molecular flexibility index (Phi) is 4.50. The fourth-order valence-corrected chi connectivity index (χ4v) is 1.95. The van der Waals surface area contributed by atoms with Crippen molar-refractivity contribution in [3.63, 3.8) is 0 Å². The molecule has 5 heteroatoms. The zero-order chi connectivity index (χ0) is 14.5. The Labute approximate surface area is 118 Å². The summed E-state index contributed by atoms with van der Waals surface area (Å²) in [6, 6.07) is 7.81. The predicted octanol–water partition coefficient (Wildman–Crippen LogP) is 2.57. The quantitative estimate of drug-likeness (QED) is 0.811. The molecule has 0 aliphatic heterocycles. The number of benzene rings is 1. The van der Waals surface area contributed by atoms with Crippen molar-refractivity contribution in [3.8, 4) is 5.75 Å². The number of carbonyl (C=O) groups is 1. The maximum atomic E-state index is 11.0. The van der Waals surface area contributed by atoms with Crippen molar-refractivity contribution in [2.45, 2.75) is 39.8 Å². The molecule has 0 saturated carbocycles. The number of rotatable bonds is 6. The first-order chi connectivity index (χ1) is 9.56. The Hall–Kier alpha value is -2.17. The first-order valence-electron chi connectivity index (χ1n) is 6.66. The second-order valence-electron chi connectivity index (χ2n) is 5.03. The third-order valence-electron chi connectivity index (χ3n) is 2.88. The Balaban J connectivity index is 1.97. The summed E-state index contributed by atoms with van der Waals surface area (Å²) in [6.45, 7) is 6.07. The van der Waals surface area contributed by atoms with Gasteiger partial charge in [0.2, 0.25) is 0 Å². The minimum atomic E-state index is 0.156. The third-order valence-corrected chi connectivity index (χ3v) is 2.88. The third kappa shape index (κ3) is 3.66. The Morgan fingerprint density at radius 1 is 1.30 bits per heavy atom. The van der Waals surface area contributed by atoms with Gasteiger partial charge in [-0.3, -0.25) is 4.79 Å². The summed E-state index contributed by atoms with van der Waals surface area (Å²) < 4.78 is 7.53. The molecule has 2 aromatic rings. The van der Waals surface area contributed by atoms with Gasteiger partial charge < -0.3 is 4.74 Å². The molecule has 0 bridgehead atoms. The maximum absolute atomic E-state index is 11.0. The van der Waals surface area contributed by atoms with Crippen LogP contribution in [0, 0.1) is 0 Å². The normalized spacial score (nSPS) is 10.8. The van der Waals surface area contributed by atoms with Gasteiger partial charge in [0, 0.05) is 12.5 Å². The largest absolute Gasteiger partial charge is 0.486 e. The van der Waals surface area contributed by atoms with E-state index in [4.69, 9.17) is 4.74 Å². The molecule has 0 spiro atoms. The fraction of sp³-hybridized carbons (Fsp3) is 0.400. The van der Waals surface area contributed by atoms with E-state index in [-0.39, 0.29) is 11.8 Å². The van der Waals surface area contributed by atoms with Gasteiger partial charge in [-0.2, -0.15) is 5.10 Å². The molecular weight excluding hydrogens is 254 g/mol. The van der Waals surface area contributed by atoms with Gasteiger partial charge in [-0.25, -0.2) is 9.67 Å². The minimum Gasteiger partial charge on any atom is -0.486 e. The molecule has 0 unspecified atom stereocenters. The van der Waals surface area contributed by atoms with E-state index in [0.717, 1.165) is 17.1 Å². The van der Waals surface area contributed by atoms with E-state index in [2.05, 4.69) is 23.9 Å².